The van der Waals surface area contributed by atoms with Crippen LogP contribution < -0.4 is 5.32 Å². The molecule has 0 amide bonds. The average Bonchev–Trinajstić information content (AvgIpc) is 2.61. The minimum absolute atomic E-state index is 0.575. The molecule has 0 bridgehead atoms. The van der Waals surface area contributed by atoms with Crippen LogP contribution in [0.3, 0.4) is 0 Å². The summed E-state index contributed by atoms with van der Waals surface area (Å²) in [6.45, 7) is 7.24. The average molecular weight is 207 g/mol. The molecule has 1 N–H and O–H groups in total. The van der Waals surface area contributed by atoms with Gasteiger partial charge in [-0.2, -0.15) is 0 Å². The second kappa shape index (κ2) is 4.29. The molecule has 1 heteroatoms. The first kappa shape index (κ1) is 11.2. The van der Waals surface area contributed by atoms with Gasteiger partial charge in [0.1, 0.15) is 0 Å². The van der Waals surface area contributed by atoms with Gasteiger partial charge in [0.2, 0.25) is 0 Å². The lowest BCUT2D eigenvalue weighted by atomic mass is 9.70. The summed E-state index contributed by atoms with van der Waals surface area (Å²) in [5.41, 5.74) is 0.575. The van der Waals surface area contributed by atoms with E-state index in [1.54, 1.807) is 0 Å². The fourth-order valence-electron chi connectivity index (χ4n) is 3.25. The Morgan fingerprint density at radius 2 is 1.87 bits per heavy atom. The van der Waals surface area contributed by atoms with E-state index in [1.807, 2.05) is 0 Å². The van der Waals surface area contributed by atoms with E-state index in [-0.39, 0.29) is 0 Å². The highest BCUT2D eigenvalue weighted by Gasteiger charge is 2.33. The number of hydrogen-bond acceptors (Lipinski definition) is 1. The molecule has 0 saturated heterocycles. The number of hydrogen-bond donors (Lipinski definition) is 1. The van der Waals surface area contributed by atoms with Crippen LogP contribution in [0, 0.1) is 11.3 Å². The molecule has 2 unspecified atom stereocenters. The molecule has 1 nitrogen and oxygen atoms in total. The maximum absolute atomic E-state index is 3.84. The summed E-state index contributed by atoms with van der Waals surface area (Å²) < 4.78 is 0. The van der Waals surface area contributed by atoms with Gasteiger partial charge in [-0.3, -0.25) is 0 Å². The molecular formula is C14H25N. The van der Waals surface area contributed by atoms with Gasteiger partial charge >= 0.3 is 0 Å². The Labute approximate surface area is 94.3 Å². The minimum atomic E-state index is 0.575. The van der Waals surface area contributed by atoms with Crippen molar-refractivity contribution in [2.75, 3.05) is 0 Å². The molecule has 0 heterocycles. The molecule has 2 aliphatic carbocycles. The molecule has 0 aromatic rings. The molecule has 2 rings (SSSR count). The maximum atomic E-state index is 3.84. The normalized spacial score (nSPS) is 35.9. The molecule has 0 spiro atoms. The van der Waals surface area contributed by atoms with E-state index in [0.29, 0.717) is 5.41 Å². The van der Waals surface area contributed by atoms with Crippen LogP contribution in [0.2, 0.25) is 0 Å². The van der Waals surface area contributed by atoms with Gasteiger partial charge in [-0.15, -0.1) is 0 Å². The van der Waals surface area contributed by atoms with Gasteiger partial charge in [0.05, 0.1) is 0 Å². The Balaban J connectivity index is 1.83. The molecule has 86 valence electrons. The minimum Gasteiger partial charge on any atom is -0.310 e. The number of nitrogens with one attached hydrogen (secondary N) is 1. The zero-order chi connectivity index (χ0) is 10.9. The largest absolute Gasteiger partial charge is 0.310 e. The smallest absolute Gasteiger partial charge is 0.0139 e. The molecule has 0 aromatic heterocycles. The van der Waals surface area contributed by atoms with Gasteiger partial charge in [-0.1, -0.05) is 32.9 Å². The third-order valence-corrected chi connectivity index (χ3v) is 4.15. The van der Waals surface area contributed by atoms with Gasteiger partial charge in [0.15, 0.2) is 0 Å². The fourth-order valence-corrected chi connectivity index (χ4v) is 3.25. The van der Waals surface area contributed by atoms with E-state index in [2.05, 4.69) is 38.2 Å². The van der Waals surface area contributed by atoms with Crippen molar-refractivity contribution in [2.45, 2.75) is 65.0 Å². The monoisotopic (exact) mass is 207 g/mol. The quantitative estimate of drug-likeness (QED) is 0.683. The molecule has 1 fully saturated rings. The predicted octanol–water partition coefficient (Wildman–Crippen LogP) is 3.51. The van der Waals surface area contributed by atoms with Crippen LogP contribution in [-0.2, 0) is 0 Å². The summed E-state index contributed by atoms with van der Waals surface area (Å²) in [5, 5.41) is 3.84. The van der Waals surface area contributed by atoms with E-state index < -0.39 is 0 Å². The van der Waals surface area contributed by atoms with Crippen molar-refractivity contribution in [3.8, 4) is 0 Å². The third-order valence-electron chi connectivity index (χ3n) is 4.15. The second-order valence-corrected chi connectivity index (χ2v) is 6.30. The highest BCUT2D eigenvalue weighted by atomic mass is 15.0. The predicted molar refractivity (Wildman–Crippen MR) is 65.9 cm³/mol. The summed E-state index contributed by atoms with van der Waals surface area (Å²) in [6.07, 6.45) is 11.2. The third kappa shape index (κ3) is 2.84. The zero-order valence-electron chi connectivity index (χ0n) is 10.4. The lowest BCUT2D eigenvalue weighted by Crippen LogP contribution is -2.45. The maximum Gasteiger partial charge on any atom is 0.0139 e. The van der Waals surface area contributed by atoms with Gasteiger partial charge in [0, 0.05) is 12.1 Å². The highest BCUT2D eigenvalue weighted by Crippen LogP contribution is 2.38. The topological polar surface area (TPSA) is 12.0 Å². The van der Waals surface area contributed by atoms with Crippen molar-refractivity contribution >= 4 is 0 Å². The van der Waals surface area contributed by atoms with E-state index in [9.17, 15) is 0 Å². The van der Waals surface area contributed by atoms with Crippen LogP contribution in [0.5, 0.6) is 0 Å². The van der Waals surface area contributed by atoms with Crippen LogP contribution in [0.4, 0.5) is 0 Å². The molecule has 15 heavy (non-hydrogen) atoms. The SMILES string of the molecule is CC1CC(C)(C)CCC1NC1CC=CC1. The Kier molecular flexibility index (Phi) is 3.20. The summed E-state index contributed by atoms with van der Waals surface area (Å²) in [5.74, 6) is 0.842. The Morgan fingerprint density at radius 1 is 1.20 bits per heavy atom. The lowest BCUT2D eigenvalue weighted by Gasteiger charge is -2.40. The summed E-state index contributed by atoms with van der Waals surface area (Å²) in [4.78, 5) is 0. The molecule has 2 atom stereocenters. The summed E-state index contributed by atoms with van der Waals surface area (Å²) >= 11 is 0. The first-order valence-corrected chi connectivity index (χ1v) is 6.48. The van der Waals surface area contributed by atoms with Crippen LogP contribution in [-0.4, -0.2) is 12.1 Å². The Morgan fingerprint density at radius 3 is 2.47 bits per heavy atom. The summed E-state index contributed by atoms with van der Waals surface area (Å²) in [7, 11) is 0. The van der Waals surface area contributed by atoms with E-state index in [1.165, 1.54) is 32.1 Å². The first-order chi connectivity index (χ1) is 7.07. The zero-order valence-corrected chi connectivity index (χ0v) is 10.4. The van der Waals surface area contributed by atoms with Gasteiger partial charge in [-0.25, -0.2) is 0 Å². The van der Waals surface area contributed by atoms with Crippen molar-refractivity contribution in [3.05, 3.63) is 12.2 Å². The van der Waals surface area contributed by atoms with Crippen LogP contribution in [0.15, 0.2) is 12.2 Å². The molecule has 1 saturated carbocycles. The highest BCUT2D eigenvalue weighted by molar-refractivity contribution is 4.99. The van der Waals surface area contributed by atoms with Crippen molar-refractivity contribution < 1.29 is 0 Å². The van der Waals surface area contributed by atoms with E-state index in [0.717, 1.165) is 18.0 Å². The van der Waals surface area contributed by atoms with E-state index in [4.69, 9.17) is 0 Å². The molecule has 2 aliphatic rings. The number of rotatable bonds is 2. The first-order valence-electron chi connectivity index (χ1n) is 6.48. The van der Waals surface area contributed by atoms with Crippen LogP contribution in [0.1, 0.15) is 52.9 Å². The van der Waals surface area contributed by atoms with Gasteiger partial charge in [0.25, 0.3) is 0 Å². The van der Waals surface area contributed by atoms with Crippen LogP contribution >= 0.6 is 0 Å². The fraction of sp³-hybridized carbons (Fsp3) is 0.857. The lowest BCUT2D eigenvalue weighted by molar-refractivity contribution is 0.142. The van der Waals surface area contributed by atoms with Crippen LogP contribution in [0.25, 0.3) is 0 Å². The molecule has 0 aliphatic heterocycles. The summed E-state index contributed by atoms with van der Waals surface area (Å²) in [6, 6.07) is 1.50. The standard InChI is InChI=1S/C14H25N/c1-11-10-14(2,3)9-8-13(11)15-12-6-4-5-7-12/h4-5,11-13,15H,6-10H2,1-3H3. The Bertz CT molecular complexity index is 234. The Hall–Kier alpha value is -0.300. The van der Waals surface area contributed by atoms with Gasteiger partial charge in [-0.05, 0) is 43.4 Å². The molecule has 0 radical (unpaired) electrons. The molecular weight excluding hydrogens is 182 g/mol. The van der Waals surface area contributed by atoms with Crippen molar-refractivity contribution in [3.63, 3.8) is 0 Å². The second-order valence-electron chi connectivity index (χ2n) is 6.30. The van der Waals surface area contributed by atoms with Gasteiger partial charge < -0.3 is 5.32 Å². The van der Waals surface area contributed by atoms with Crippen molar-refractivity contribution in [1.29, 1.82) is 0 Å². The van der Waals surface area contributed by atoms with Crippen molar-refractivity contribution in [1.82, 2.24) is 5.32 Å². The van der Waals surface area contributed by atoms with Crippen molar-refractivity contribution in [2.24, 2.45) is 11.3 Å². The van der Waals surface area contributed by atoms with E-state index >= 15 is 0 Å². The molecule has 0 aromatic carbocycles.